The highest BCUT2D eigenvalue weighted by molar-refractivity contribution is 6.31. The third-order valence-corrected chi connectivity index (χ3v) is 4.56. The van der Waals surface area contributed by atoms with Gasteiger partial charge in [0.05, 0.1) is 5.92 Å². The Hall–Kier alpha value is -2.40. The topological polar surface area (TPSA) is 62.3 Å². The number of rotatable bonds is 4. The minimum atomic E-state index is -0.353. The summed E-state index contributed by atoms with van der Waals surface area (Å²) in [6.07, 6.45) is 3.61. The Balaban J connectivity index is 1.63. The predicted molar refractivity (Wildman–Crippen MR) is 92.7 cm³/mol. The number of hydrogen-bond acceptors (Lipinski definition) is 3. The first-order chi connectivity index (χ1) is 11.5. The van der Waals surface area contributed by atoms with Crippen molar-refractivity contribution in [1.82, 2.24) is 10.3 Å². The van der Waals surface area contributed by atoms with Crippen LogP contribution in [0.3, 0.4) is 0 Å². The van der Waals surface area contributed by atoms with Crippen molar-refractivity contribution >= 4 is 29.1 Å². The molecular formula is C18H18ClN3O2. The van der Waals surface area contributed by atoms with Crippen LogP contribution in [0.5, 0.6) is 0 Å². The van der Waals surface area contributed by atoms with Gasteiger partial charge in [0.15, 0.2) is 0 Å². The van der Waals surface area contributed by atoms with Gasteiger partial charge in [-0.05, 0) is 36.2 Å². The largest absolute Gasteiger partial charge is 0.352 e. The zero-order chi connectivity index (χ0) is 17.1. The average Bonchev–Trinajstić information content (AvgIpc) is 2.98. The average molecular weight is 344 g/mol. The van der Waals surface area contributed by atoms with Crippen LogP contribution in [0.15, 0.2) is 42.7 Å². The van der Waals surface area contributed by atoms with Crippen molar-refractivity contribution < 1.29 is 9.59 Å². The molecule has 3 rings (SSSR count). The predicted octanol–water partition coefficient (Wildman–Crippen LogP) is 2.71. The number of anilines is 1. The first-order valence-electron chi connectivity index (χ1n) is 7.77. The van der Waals surface area contributed by atoms with Gasteiger partial charge in [0.1, 0.15) is 0 Å². The van der Waals surface area contributed by atoms with Gasteiger partial charge in [-0.15, -0.1) is 0 Å². The number of carbonyl (C=O) groups excluding carboxylic acids is 2. The van der Waals surface area contributed by atoms with Crippen molar-refractivity contribution in [2.45, 2.75) is 19.9 Å². The van der Waals surface area contributed by atoms with Gasteiger partial charge in [0.2, 0.25) is 11.8 Å². The van der Waals surface area contributed by atoms with E-state index in [1.165, 1.54) is 0 Å². The van der Waals surface area contributed by atoms with Gasteiger partial charge >= 0.3 is 0 Å². The van der Waals surface area contributed by atoms with Crippen LogP contribution in [0, 0.1) is 12.8 Å². The standard InChI is InChI=1S/C18H18ClN3O2/c1-12-4-5-15(8-16(12)19)22-11-14(7-17(22)23)18(24)21-10-13-3-2-6-20-9-13/h2-6,8-9,14H,7,10-11H2,1H3,(H,21,24)/t14-/m0/s1. The smallest absolute Gasteiger partial charge is 0.227 e. The fourth-order valence-electron chi connectivity index (χ4n) is 2.72. The Kier molecular flexibility index (Phi) is 4.81. The van der Waals surface area contributed by atoms with Gasteiger partial charge in [0, 0.05) is 42.6 Å². The third-order valence-electron chi connectivity index (χ3n) is 4.15. The Bertz CT molecular complexity index is 764. The highest BCUT2D eigenvalue weighted by Gasteiger charge is 2.35. The Labute approximate surface area is 145 Å². The number of pyridine rings is 1. The van der Waals surface area contributed by atoms with Crippen molar-refractivity contribution in [3.8, 4) is 0 Å². The highest BCUT2D eigenvalue weighted by atomic mass is 35.5. The molecule has 1 aromatic carbocycles. The first-order valence-corrected chi connectivity index (χ1v) is 8.15. The van der Waals surface area contributed by atoms with Crippen LogP contribution in [0.4, 0.5) is 5.69 Å². The lowest BCUT2D eigenvalue weighted by molar-refractivity contribution is -0.126. The Morgan fingerprint density at radius 3 is 2.96 bits per heavy atom. The number of amides is 2. The van der Waals surface area contributed by atoms with Crippen molar-refractivity contribution in [3.63, 3.8) is 0 Å². The number of carbonyl (C=O) groups is 2. The molecule has 1 atom stereocenters. The van der Waals surface area contributed by atoms with E-state index in [9.17, 15) is 9.59 Å². The molecule has 2 amide bonds. The second-order valence-corrected chi connectivity index (χ2v) is 6.33. The molecule has 24 heavy (non-hydrogen) atoms. The summed E-state index contributed by atoms with van der Waals surface area (Å²) in [6, 6.07) is 9.22. The van der Waals surface area contributed by atoms with Gasteiger partial charge in [-0.2, -0.15) is 0 Å². The number of hydrogen-bond donors (Lipinski definition) is 1. The lowest BCUT2D eigenvalue weighted by Crippen LogP contribution is -2.32. The number of nitrogens with zero attached hydrogens (tertiary/aromatic N) is 2. The molecule has 0 spiro atoms. The van der Waals surface area contributed by atoms with Gasteiger partial charge in [-0.3, -0.25) is 14.6 Å². The summed E-state index contributed by atoms with van der Waals surface area (Å²) in [7, 11) is 0. The Morgan fingerprint density at radius 1 is 1.42 bits per heavy atom. The summed E-state index contributed by atoms with van der Waals surface area (Å²) in [5.41, 5.74) is 2.62. The molecule has 2 heterocycles. The summed E-state index contributed by atoms with van der Waals surface area (Å²) in [6.45, 7) is 2.69. The van der Waals surface area contributed by atoms with Gasteiger partial charge in [0.25, 0.3) is 0 Å². The van der Waals surface area contributed by atoms with Crippen molar-refractivity contribution in [1.29, 1.82) is 0 Å². The molecule has 6 heteroatoms. The maximum atomic E-state index is 12.3. The normalized spacial score (nSPS) is 17.2. The maximum Gasteiger partial charge on any atom is 0.227 e. The van der Waals surface area contributed by atoms with Crippen LogP contribution >= 0.6 is 11.6 Å². The maximum absolute atomic E-state index is 12.3. The minimum Gasteiger partial charge on any atom is -0.352 e. The fourth-order valence-corrected chi connectivity index (χ4v) is 2.89. The van der Waals surface area contributed by atoms with E-state index in [2.05, 4.69) is 10.3 Å². The molecule has 1 aliphatic heterocycles. The molecule has 1 aliphatic rings. The lowest BCUT2D eigenvalue weighted by Gasteiger charge is -2.17. The van der Waals surface area contributed by atoms with Crippen molar-refractivity contribution in [2.75, 3.05) is 11.4 Å². The van der Waals surface area contributed by atoms with E-state index in [0.717, 1.165) is 16.8 Å². The number of aryl methyl sites for hydroxylation is 1. The lowest BCUT2D eigenvalue weighted by atomic mass is 10.1. The number of benzene rings is 1. The molecule has 5 nitrogen and oxygen atoms in total. The van der Waals surface area contributed by atoms with Crippen LogP contribution in [0.2, 0.25) is 5.02 Å². The van der Waals surface area contributed by atoms with Crippen LogP contribution in [0.25, 0.3) is 0 Å². The zero-order valence-electron chi connectivity index (χ0n) is 13.3. The molecule has 0 radical (unpaired) electrons. The molecule has 0 aliphatic carbocycles. The Morgan fingerprint density at radius 2 is 2.25 bits per heavy atom. The van der Waals surface area contributed by atoms with E-state index in [1.807, 2.05) is 31.2 Å². The highest BCUT2D eigenvalue weighted by Crippen LogP contribution is 2.28. The van der Waals surface area contributed by atoms with E-state index in [0.29, 0.717) is 18.1 Å². The van der Waals surface area contributed by atoms with E-state index in [1.54, 1.807) is 23.4 Å². The quantitative estimate of drug-likeness (QED) is 0.928. The van der Waals surface area contributed by atoms with Crippen molar-refractivity contribution in [2.24, 2.45) is 5.92 Å². The van der Waals surface area contributed by atoms with Gasteiger partial charge in [-0.1, -0.05) is 23.7 Å². The molecule has 0 unspecified atom stereocenters. The number of nitrogens with one attached hydrogen (secondary N) is 1. The molecule has 1 fully saturated rings. The SMILES string of the molecule is Cc1ccc(N2C[C@@H](C(=O)NCc3cccnc3)CC2=O)cc1Cl. The molecule has 0 bridgehead atoms. The molecule has 1 aromatic heterocycles. The van der Waals surface area contributed by atoms with Crippen molar-refractivity contribution in [3.05, 3.63) is 58.9 Å². The van der Waals surface area contributed by atoms with Gasteiger partial charge in [-0.25, -0.2) is 0 Å². The fraction of sp³-hybridized carbons (Fsp3) is 0.278. The second kappa shape index (κ2) is 7.01. The molecule has 0 saturated carbocycles. The summed E-state index contributed by atoms with van der Waals surface area (Å²) >= 11 is 6.13. The monoisotopic (exact) mass is 343 g/mol. The van der Waals surface area contributed by atoms with E-state index >= 15 is 0 Å². The van der Waals surface area contributed by atoms with E-state index < -0.39 is 0 Å². The molecule has 2 aromatic rings. The number of halogens is 1. The summed E-state index contributed by atoms with van der Waals surface area (Å²) in [5.74, 6) is -0.529. The molecule has 1 saturated heterocycles. The summed E-state index contributed by atoms with van der Waals surface area (Å²) in [4.78, 5) is 30.2. The summed E-state index contributed by atoms with van der Waals surface area (Å²) in [5, 5.41) is 3.49. The van der Waals surface area contributed by atoms with Gasteiger partial charge < -0.3 is 10.2 Å². The molecular weight excluding hydrogens is 326 g/mol. The minimum absolute atomic E-state index is 0.0588. The molecule has 124 valence electrons. The molecule has 1 N–H and O–H groups in total. The number of aromatic nitrogens is 1. The zero-order valence-corrected chi connectivity index (χ0v) is 14.1. The summed E-state index contributed by atoms with van der Waals surface area (Å²) < 4.78 is 0. The van der Waals surface area contributed by atoms with E-state index in [-0.39, 0.29) is 24.2 Å². The van der Waals surface area contributed by atoms with Crippen LogP contribution in [0.1, 0.15) is 17.5 Å². The first kappa shape index (κ1) is 16.5. The van der Waals surface area contributed by atoms with E-state index in [4.69, 9.17) is 11.6 Å². The van der Waals surface area contributed by atoms with Crippen LogP contribution < -0.4 is 10.2 Å². The van der Waals surface area contributed by atoms with Crippen LogP contribution in [-0.4, -0.2) is 23.3 Å². The van der Waals surface area contributed by atoms with Crippen LogP contribution in [-0.2, 0) is 16.1 Å². The third kappa shape index (κ3) is 3.57. The second-order valence-electron chi connectivity index (χ2n) is 5.92.